The van der Waals surface area contributed by atoms with Crippen molar-refractivity contribution in [1.82, 2.24) is 10.2 Å². The molecule has 2 amide bonds. The van der Waals surface area contributed by atoms with Crippen molar-refractivity contribution in [2.75, 3.05) is 27.9 Å². The highest BCUT2D eigenvalue weighted by Gasteiger charge is 2.36. The number of amides is 2. The van der Waals surface area contributed by atoms with Crippen LogP contribution in [0.25, 0.3) is 11.1 Å². The summed E-state index contributed by atoms with van der Waals surface area (Å²) in [5, 5.41) is 2.72. The average Bonchev–Trinajstić information content (AvgIpc) is 3.39. The van der Waals surface area contributed by atoms with Crippen molar-refractivity contribution in [2.45, 2.75) is 43.8 Å². The Balaban J connectivity index is 1.57. The van der Waals surface area contributed by atoms with Crippen LogP contribution in [0, 0.1) is 0 Å². The van der Waals surface area contributed by atoms with E-state index in [1.807, 2.05) is 36.4 Å². The summed E-state index contributed by atoms with van der Waals surface area (Å²) in [6.07, 6.45) is 3.29. The Bertz CT molecular complexity index is 1490. The second-order valence-electron chi connectivity index (χ2n) is 10.6. The standard InChI is InChI=1S/C36H40N2O7/c1-6-8-18-32(35(40)44-5)38(22-24-19-20-25(42-3)21-33(24)43-4)34(39)31(13-7-2)37-36(41)45-23-30-28-16-11-9-14-26(28)27-15-10-12-17-29(27)30/h6-7,9-12,14-17,19-21,30-32H,1-2,8,13,18,22-23H2,3-5H3,(H,37,41)/t31-,32-/m0/s1. The lowest BCUT2D eigenvalue weighted by atomic mass is 9.98. The van der Waals surface area contributed by atoms with Crippen LogP contribution >= 0.6 is 0 Å². The highest BCUT2D eigenvalue weighted by Crippen LogP contribution is 2.44. The van der Waals surface area contributed by atoms with Crippen molar-refractivity contribution in [1.29, 1.82) is 0 Å². The number of benzene rings is 3. The van der Waals surface area contributed by atoms with Gasteiger partial charge in [-0.3, -0.25) is 4.79 Å². The lowest BCUT2D eigenvalue weighted by Gasteiger charge is -2.33. The monoisotopic (exact) mass is 612 g/mol. The van der Waals surface area contributed by atoms with Crippen LogP contribution in [0.4, 0.5) is 4.79 Å². The van der Waals surface area contributed by atoms with E-state index in [4.69, 9.17) is 18.9 Å². The lowest BCUT2D eigenvalue weighted by Crippen LogP contribution is -2.53. The van der Waals surface area contributed by atoms with Gasteiger partial charge in [0.25, 0.3) is 0 Å². The molecule has 45 heavy (non-hydrogen) atoms. The molecular weight excluding hydrogens is 572 g/mol. The molecule has 0 aliphatic heterocycles. The molecule has 3 aromatic carbocycles. The average molecular weight is 613 g/mol. The number of rotatable bonds is 15. The lowest BCUT2D eigenvalue weighted by molar-refractivity contribution is -0.154. The van der Waals surface area contributed by atoms with Gasteiger partial charge in [-0.2, -0.15) is 0 Å². The van der Waals surface area contributed by atoms with E-state index in [-0.39, 0.29) is 31.9 Å². The number of methoxy groups -OCH3 is 3. The Morgan fingerprint density at radius 2 is 1.58 bits per heavy atom. The smallest absolute Gasteiger partial charge is 0.407 e. The van der Waals surface area contributed by atoms with Crippen LogP contribution in [-0.2, 0) is 25.6 Å². The van der Waals surface area contributed by atoms with E-state index in [2.05, 4.69) is 30.6 Å². The van der Waals surface area contributed by atoms with Gasteiger partial charge < -0.3 is 29.2 Å². The molecule has 0 aromatic heterocycles. The van der Waals surface area contributed by atoms with Crippen LogP contribution in [-0.4, -0.2) is 62.9 Å². The quantitative estimate of drug-likeness (QED) is 0.165. The first-order valence-electron chi connectivity index (χ1n) is 14.8. The Kier molecular flexibility index (Phi) is 11.4. The van der Waals surface area contributed by atoms with E-state index in [0.717, 1.165) is 22.3 Å². The zero-order chi connectivity index (χ0) is 32.3. The fourth-order valence-electron chi connectivity index (χ4n) is 5.69. The minimum absolute atomic E-state index is 0.00290. The second-order valence-corrected chi connectivity index (χ2v) is 10.6. The van der Waals surface area contributed by atoms with Crippen LogP contribution in [0.15, 0.2) is 92.0 Å². The fourth-order valence-corrected chi connectivity index (χ4v) is 5.69. The van der Waals surface area contributed by atoms with Gasteiger partial charge in [-0.05, 0) is 53.6 Å². The molecule has 1 aliphatic carbocycles. The van der Waals surface area contributed by atoms with Gasteiger partial charge in [0.1, 0.15) is 30.2 Å². The van der Waals surface area contributed by atoms with E-state index < -0.39 is 30.1 Å². The molecule has 1 aliphatic rings. The number of carbonyl (C=O) groups excluding carboxylic acids is 3. The van der Waals surface area contributed by atoms with Gasteiger partial charge >= 0.3 is 12.1 Å². The molecule has 0 saturated heterocycles. The van der Waals surface area contributed by atoms with Crippen LogP contribution in [0.5, 0.6) is 11.5 Å². The van der Waals surface area contributed by atoms with Crippen LogP contribution in [0.1, 0.15) is 41.9 Å². The van der Waals surface area contributed by atoms with Crippen LogP contribution < -0.4 is 14.8 Å². The van der Waals surface area contributed by atoms with E-state index in [0.29, 0.717) is 23.5 Å². The number of hydrogen-bond acceptors (Lipinski definition) is 7. The molecule has 4 rings (SSSR count). The molecule has 3 aromatic rings. The highest BCUT2D eigenvalue weighted by molar-refractivity contribution is 5.90. The van der Waals surface area contributed by atoms with Crippen LogP contribution in [0.2, 0.25) is 0 Å². The van der Waals surface area contributed by atoms with Crippen molar-refractivity contribution < 1.29 is 33.3 Å². The zero-order valence-electron chi connectivity index (χ0n) is 26.0. The number of hydrogen-bond donors (Lipinski definition) is 1. The topological polar surface area (TPSA) is 103 Å². The summed E-state index contributed by atoms with van der Waals surface area (Å²) in [6.45, 7) is 7.64. The first-order valence-corrected chi connectivity index (χ1v) is 14.8. The van der Waals surface area contributed by atoms with Crippen molar-refractivity contribution in [3.63, 3.8) is 0 Å². The number of ether oxygens (including phenoxy) is 4. The van der Waals surface area contributed by atoms with Crippen LogP contribution in [0.3, 0.4) is 0 Å². The Hall–Kier alpha value is -5.05. The molecule has 9 heteroatoms. The van der Waals surface area contributed by atoms with Crippen molar-refractivity contribution >= 4 is 18.0 Å². The highest BCUT2D eigenvalue weighted by atomic mass is 16.5. The molecular formula is C36H40N2O7. The molecule has 1 N–H and O–H groups in total. The molecule has 2 atom stereocenters. The third-order valence-corrected chi connectivity index (χ3v) is 7.95. The number of fused-ring (bicyclic) bond motifs is 3. The summed E-state index contributed by atoms with van der Waals surface area (Å²) in [6, 6.07) is 19.3. The molecule has 236 valence electrons. The minimum Gasteiger partial charge on any atom is -0.497 e. The van der Waals surface area contributed by atoms with Gasteiger partial charge in [0.15, 0.2) is 0 Å². The van der Waals surface area contributed by atoms with Gasteiger partial charge in [-0.25, -0.2) is 9.59 Å². The van der Waals surface area contributed by atoms with E-state index >= 15 is 0 Å². The summed E-state index contributed by atoms with van der Waals surface area (Å²) in [7, 11) is 4.33. The maximum Gasteiger partial charge on any atom is 0.407 e. The molecule has 0 heterocycles. The number of allylic oxidation sites excluding steroid dienone is 1. The molecule has 0 fully saturated rings. The third-order valence-electron chi connectivity index (χ3n) is 7.95. The first-order chi connectivity index (χ1) is 21.9. The van der Waals surface area contributed by atoms with Gasteiger partial charge in [0, 0.05) is 17.5 Å². The second kappa shape index (κ2) is 15.6. The number of nitrogens with zero attached hydrogens (tertiary/aromatic N) is 1. The van der Waals surface area contributed by atoms with E-state index in [1.165, 1.54) is 25.2 Å². The number of carbonyl (C=O) groups is 3. The maximum absolute atomic E-state index is 14.2. The Morgan fingerprint density at radius 3 is 2.16 bits per heavy atom. The molecule has 0 spiro atoms. The molecule has 0 unspecified atom stereocenters. The molecule has 0 bridgehead atoms. The van der Waals surface area contributed by atoms with Gasteiger partial charge in [-0.15, -0.1) is 13.2 Å². The van der Waals surface area contributed by atoms with Crippen molar-refractivity contribution in [3.05, 3.63) is 109 Å². The predicted molar refractivity (Wildman–Crippen MR) is 172 cm³/mol. The van der Waals surface area contributed by atoms with Gasteiger partial charge in [0.2, 0.25) is 5.91 Å². The Morgan fingerprint density at radius 1 is 0.911 bits per heavy atom. The normalized spacial score (nSPS) is 13.0. The zero-order valence-corrected chi connectivity index (χ0v) is 26.0. The largest absolute Gasteiger partial charge is 0.497 e. The summed E-state index contributed by atoms with van der Waals surface area (Å²) < 4.78 is 21.7. The molecule has 0 radical (unpaired) electrons. The number of nitrogens with one attached hydrogen (secondary N) is 1. The summed E-state index contributed by atoms with van der Waals surface area (Å²) >= 11 is 0. The fraction of sp³-hybridized carbons (Fsp3) is 0.306. The van der Waals surface area contributed by atoms with E-state index in [9.17, 15) is 14.4 Å². The van der Waals surface area contributed by atoms with Crippen molar-refractivity contribution in [2.24, 2.45) is 0 Å². The predicted octanol–water partition coefficient (Wildman–Crippen LogP) is 6.02. The van der Waals surface area contributed by atoms with Gasteiger partial charge in [-0.1, -0.05) is 60.7 Å². The van der Waals surface area contributed by atoms with Crippen molar-refractivity contribution in [3.8, 4) is 22.6 Å². The summed E-state index contributed by atoms with van der Waals surface area (Å²) in [5.41, 5.74) is 5.01. The first kappa shape index (κ1) is 32.9. The number of alkyl carbamates (subject to hydrolysis) is 1. The van der Waals surface area contributed by atoms with Gasteiger partial charge in [0.05, 0.1) is 27.9 Å². The van der Waals surface area contributed by atoms with E-state index in [1.54, 1.807) is 31.4 Å². The number of esters is 1. The minimum atomic E-state index is -1.06. The summed E-state index contributed by atoms with van der Waals surface area (Å²) in [4.78, 5) is 41.9. The molecule has 0 saturated carbocycles. The SMILES string of the molecule is C=CCC[C@@H](C(=O)OC)N(Cc1ccc(OC)cc1OC)C(=O)[C@H](CC=C)NC(=O)OCC1c2ccccc2-c2ccccc21. The third kappa shape index (κ3) is 7.55. The summed E-state index contributed by atoms with van der Waals surface area (Å²) in [5.74, 6) is -0.175. The Labute approximate surface area is 264 Å². The molecule has 9 nitrogen and oxygen atoms in total. The maximum atomic E-state index is 14.2.